The van der Waals surface area contributed by atoms with E-state index in [1.165, 1.54) is 12.1 Å². The molecule has 122 valence electrons. The lowest BCUT2D eigenvalue weighted by atomic mass is 9.97. The summed E-state index contributed by atoms with van der Waals surface area (Å²) in [5, 5.41) is 0. The third kappa shape index (κ3) is 3.00. The van der Waals surface area contributed by atoms with Gasteiger partial charge in [0, 0.05) is 26.1 Å². The van der Waals surface area contributed by atoms with E-state index in [0.29, 0.717) is 6.54 Å². The number of nitrogens with zero attached hydrogens (tertiary/aromatic N) is 3. The molecule has 0 saturated carbocycles. The van der Waals surface area contributed by atoms with Gasteiger partial charge >= 0.3 is 0 Å². The number of imidazole rings is 1. The molecule has 1 aromatic heterocycles. The number of rotatable bonds is 4. The van der Waals surface area contributed by atoms with Crippen LogP contribution in [-0.4, -0.2) is 33.4 Å². The minimum atomic E-state index is -0.248. The Hall–Kier alpha value is -2.17. The van der Waals surface area contributed by atoms with Crippen LogP contribution in [0.15, 0.2) is 30.5 Å². The molecule has 1 atom stereocenters. The molecule has 1 amide bonds. The van der Waals surface area contributed by atoms with Crippen LogP contribution in [0.25, 0.3) is 11.3 Å². The van der Waals surface area contributed by atoms with Crippen LogP contribution in [0.5, 0.6) is 0 Å². The van der Waals surface area contributed by atoms with Crippen molar-refractivity contribution in [2.24, 2.45) is 5.92 Å². The summed E-state index contributed by atoms with van der Waals surface area (Å²) < 4.78 is 15.2. The second-order valence-corrected chi connectivity index (χ2v) is 5.92. The first-order chi connectivity index (χ1) is 11.1. The summed E-state index contributed by atoms with van der Waals surface area (Å²) in [7, 11) is 0. The second kappa shape index (κ2) is 6.52. The zero-order chi connectivity index (χ0) is 16.4. The number of halogens is 1. The molecular formula is C18H22FN3O. The Kier molecular flexibility index (Phi) is 4.46. The third-order valence-electron chi connectivity index (χ3n) is 4.62. The van der Waals surface area contributed by atoms with Crippen molar-refractivity contribution in [3.05, 3.63) is 42.1 Å². The number of hydrogen-bond donors (Lipinski definition) is 0. The average molecular weight is 315 g/mol. The van der Waals surface area contributed by atoms with Gasteiger partial charge in [0.25, 0.3) is 0 Å². The summed E-state index contributed by atoms with van der Waals surface area (Å²) >= 11 is 0. The third-order valence-corrected chi connectivity index (χ3v) is 4.62. The lowest BCUT2D eigenvalue weighted by molar-refractivity contribution is -0.136. The van der Waals surface area contributed by atoms with Crippen molar-refractivity contribution >= 4 is 5.91 Å². The van der Waals surface area contributed by atoms with Crippen molar-refractivity contribution < 1.29 is 9.18 Å². The summed E-state index contributed by atoms with van der Waals surface area (Å²) in [6.07, 6.45) is 3.47. The molecule has 1 unspecified atom stereocenters. The number of aryl methyl sites for hydroxylation is 1. The maximum absolute atomic E-state index is 13.1. The topological polar surface area (TPSA) is 38.1 Å². The van der Waals surface area contributed by atoms with Crippen molar-refractivity contribution in [1.29, 1.82) is 0 Å². The highest BCUT2D eigenvalue weighted by molar-refractivity contribution is 5.79. The SMILES string of the molecule is CCN(CC)C(=O)C1CCc2ncc(-c3ccc(F)cc3)n2C1. The number of fused-ring (bicyclic) bond motifs is 1. The Balaban J connectivity index is 1.87. The molecule has 1 aromatic carbocycles. The fourth-order valence-electron chi connectivity index (χ4n) is 3.28. The molecule has 0 saturated heterocycles. The number of carbonyl (C=O) groups is 1. The van der Waals surface area contributed by atoms with E-state index < -0.39 is 0 Å². The summed E-state index contributed by atoms with van der Waals surface area (Å²) in [6.45, 7) is 6.16. The van der Waals surface area contributed by atoms with E-state index in [0.717, 1.165) is 43.0 Å². The molecule has 2 aromatic rings. The van der Waals surface area contributed by atoms with E-state index in [1.807, 2.05) is 24.9 Å². The van der Waals surface area contributed by atoms with Gasteiger partial charge in [0.05, 0.1) is 17.8 Å². The molecular weight excluding hydrogens is 293 g/mol. The molecule has 0 spiro atoms. The van der Waals surface area contributed by atoms with E-state index in [-0.39, 0.29) is 17.6 Å². The minimum Gasteiger partial charge on any atom is -0.343 e. The molecule has 4 nitrogen and oxygen atoms in total. The maximum Gasteiger partial charge on any atom is 0.227 e. The minimum absolute atomic E-state index is 0.00389. The van der Waals surface area contributed by atoms with E-state index in [9.17, 15) is 9.18 Å². The molecule has 0 fully saturated rings. The number of benzene rings is 1. The van der Waals surface area contributed by atoms with Crippen molar-refractivity contribution in [2.75, 3.05) is 13.1 Å². The predicted molar refractivity (Wildman–Crippen MR) is 87.4 cm³/mol. The molecule has 0 bridgehead atoms. The van der Waals surface area contributed by atoms with Gasteiger partial charge in [-0.15, -0.1) is 0 Å². The monoisotopic (exact) mass is 315 g/mol. The van der Waals surface area contributed by atoms with Crippen LogP contribution in [0.1, 0.15) is 26.1 Å². The molecule has 1 aliphatic heterocycles. The van der Waals surface area contributed by atoms with Gasteiger partial charge in [0.1, 0.15) is 11.6 Å². The largest absolute Gasteiger partial charge is 0.343 e. The summed E-state index contributed by atoms with van der Waals surface area (Å²) in [5.74, 6) is 0.977. The fraction of sp³-hybridized carbons (Fsp3) is 0.444. The molecule has 0 aliphatic carbocycles. The fourth-order valence-corrected chi connectivity index (χ4v) is 3.28. The van der Waals surface area contributed by atoms with Gasteiger partial charge in [-0.2, -0.15) is 0 Å². The molecule has 1 aliphatic rings. The molecule has 5 heteroatoms. The van der Waals surface area contributed by atoms with Gasteiger partial charge in [-0.25, -0.2) is 9.37 Å². The number of carbonyl (C=O) groups excluding carboxylic acids is 1. The van der Waals surface area contributed by atoms with Crippen molar-refractivity contribution in [2.45, 2.75) is 33.2 Å². The summed E-state index contributed by atoms with van der Waals surface area (Å²) in [4.78, 5) is 19.0. The van der Waals surface area contributed by atoms with Crippen molar-refractivity contribution in [3.8, 4) is 11.3 Å². The smallest absolute Gasteiger partial charge is 0.227 e. The Morgan fingerprint density at radius 1 is 1.30 bits per heavy atom. The first-order valence-corrected chi connectivity index (χ1v) is 8.23. The highest BCUT2D eigenvalue weighted by Crippen LogP contribution is 2.28. The van der Waals surface area contributed by atoms with E-state index >= 15 is 0 Å². The van der Waals surface area contributed by atoms with E-state index in [1.54, 1.807) is 12.1 Å². The van der Waals surface area contributed by atoms with Gasteiger partial charge in [-0.3, -0.25) is 4.79 Å². The highest BCUT2D eigenvalue weighted by Gasteiger charge is 2.29. The van der Waals surface area contributed by atoms with Gasteiger partial charge in [-0.05, 0) is 50.1 Å². The van der Waals surface area contributed by atoms with Crippen LogP contribution in [0.4, 0.5) is 4.39 Å². The Morgan fingerprint density at radius 2 is 2.00 bits per heavy atom. The standard InChI is InChI=1S/C18H22FN3O/c1-3-21(4-2)18(23)14-7-10-17-20-11-16(22(17)12-14)13-5-8-15(19)9-6-13/h5-6,8-9,11,14H,3-4,7,10,12H2,1-2H3. The Labute approximate surface area is 135 Å². The van der Waals surface area contributed by atoms with Gasteiger partial charge in [0.2, 0.25) is 5.91 Å². The van der Waals surface area contributed by atoms with Crippen molar-refractivity contribution in [3.63, 3.8) is 0 Å². The molecule has 2 heterocycles. The molecule has 23 heavy (non-hydrogen) atoms. The van der Waals surface area contributed by atoms with Crippen LogP contribution >= 0.6 is 0 Å². The van der Waals surface area contributed by atoms with Crippen LogP contribution < -0.4 is 0 Å². The molecule has 0 radical (unpaired) electrons. The lowest BCUT2D eigenvalue weighted by Gasteiger charge is -2.29. The number of amides is 1. The zero-order valence-electron chi connectivity index (χ0n) is 13.6. The van der Waals surface area contributed by atoms with Crippen LogP contribution in [-0.2, 0) is 17.8 Å². The predicted octanol–water partition coefficient (Wildman–Crippen LogP) is 3.12. The summed E-state index contributed by atoms with van der Waals surface area (Å²) in [6, 6.07) is 6.43. The lowest BCUT2D eigenvalue weighted by Crippen LogP contribution is -2.39. The van der Waals surface area contributed by atoms with Crippen LogP contribution in [0.3, 0.4) is 0 Å². The van der Waals surface area contributed by atoms with E-state index in [4.69, 9.17) is 0 Å². The van der Waals surface area contributed by atoms with Crippen LogP contribution in [0, 0.1) is 11.7 Å². The summed E-state index contributed by atoms with van der Waals surface area (Å²) in [5.41, 5.74) is 1.89. The number of hydrogen-bond acceptors (Lipinski definition) is 2. The normalized spacial score (nSPS) is 16.9. The average Bonchev–Trinajstić information content (AvgIpc) is 2.99. The Morgan fingerprint density at radius 3 is 2.65 bits per heavy atom. The second-order valence-electron chi connectivity index (χ2n) is 5.92. The number of aromatic nitrogens is 2. The quantitative estimate of drug-likeness (QED) is 0.869. The van der Waals surface area contributed by atoms with Crippen molar-refractivity contribution in [1.82, 2.24) is 14.5 Å². The molecule has 3 rings (SSSR count). The van der Waals surface area contributed by atoms with Gasteiger partial charge in [-0.1, -0.05) is 0 Å². The van der Waals surface area contributed by atoms with Gasteiger partial charge < -0.3 is 9.47 Å². The molecule has 0 N–H and O–H groups in total. The first kappa shape index (κ1) is 15.7. The van der Waals surface area contributed by atoms with Gasteiger partial charge in [0.15, 0.2) is 0 Å². The first-order valence-electron chi connectivity index (χ1n) is 8.23. The van der Waals surface area contributed by atoms with E-state index in [2.05, 4.69) is 9.55 Å². The van der Waals surface area contributed by atoms with Crippen LogP contribution in [0.2, 0.25) is 0 Å². The maximum atomic E-state index is 13.1. The zero-order valence-corrected chi connectivity index (χ0v) is 13.6. The highest BCUT2D eigenvalue weighted by atomic mass is 19.1. The Bertz CT molecular complexity index is 689.